The van der Waals surface area contributed by atoms with Crippen molar-refractivity contribution in [1.82, 2.24) is 5.32 Å². The number of halogens is 3. The normalized spacial score (nSPS) is 20.7. The van der Waals surface area contributed by atoms with Crippen LogP contribution in [0.4, 0.5) is 18.9 Å². The molecular weight excluding hydrogens is 289 g/mol. The summed E-state index contributed by atoms with van der Waals surface area (Å²) in [5, 5.41) is 3.35. The van der Waals surface area contributed by atoms with Crippen LogP contribution in [-0.2, 0) is 12.6 Å². The third-order valence-electron chi connectivity index (χ3n) is 5.01. The van der Waals surface area contributed by atoms with Crippen LogP contribution in [0.3, 0.4) is 0 Å². The largest absolute Gasteiger partial charge is 0.416 e. The monoisotopic (exact) mass is 310 g/mol. The molecule has 1 saturated carbocycles. The van der Waals surface area contributed by atoms with E-state index in [9.17, 15) is 13.2 Å². The Morgan fingerprint density at radius 1 is 1.14 bits per heavy atom. The lowest BCUT2D eigenvalue weighted by Crippen LogP contribution is -2.51. The van der Waals surface area contributed by atoms with E-state index in [2.05, 4.69) is 10.3 Å². The molecule has 0 atom stereocenters. The molecule has 2 aliphatic rings. The Labute approximate surface area is 128 Å². The molecule has 2 nitrogen and oxygen atoms in total. The van der Waals surface area contributed by atoms with Crippen molar-refractivity contribution in [1.29, 1.82) is 0 Å². The van der Waals surface area contributed by atoms with Gasteiger partial charge >= 0.3 is 6.18 Å². The molecular formula is C17H21F3N2. The zero-order chi connectivity index (χ0) is 16.0. The molecule has 0 spiro atoms. The number of rotatable bonds is 2. The molecule has 1 aliphatic carbocycles. The van der Waals surface area contributed by atoms with Crippen molar-refractivity contribution >= 4 is 11.4 Å². The Kier molecular flexibility index (Phi) is 3.79. The fraction of sp³-hybridized carbons (Fsp3) is 0.588. The SMILES string of the molecule is CNC1(C2=Nc3cc(C)cc(C(F)(F)F)c3C2)CCCCC1. The minimum atomic E-state index is -4.32. The highest BCUT2D eigenvalue weighted by atomic mass is 19.4. The molecule has 120 valence electrons. The summed E-state index contributed by atoms with van der Waals surface area (Å²) < 4.78 is 39.9. The summed E-state index contributed by atoms with van der Waals surface area (Å²) >= 11 is 0. The van der Waals surface area contributed by atoms with Gasteiger partial charge in [0.05, 0.1) is 16.8 Å². The Hall–Kier alpha value is -1.36. The highest BCUT2D eigenvalue weighted by Gasteiger charge is 2.41. The summed E-state index contributed by atoms with van der Waals surface area (Å²) in [4.78, 5) is 4.61. The summed E-state index contributed by atoms with van der Waals surface area (Å²) in [7, 11) is 1.90. The quantitative estimate of drug-likeness (QED) is 0.850. The number of aliphatic imine (C=N–C) groups is 1. The maximum Gasteiger partial charge on any atom is 0.416 e. The topological polar surface area (TPSA) is 24.4 Å². The molecule has 0 radical (unpaired) electrons. The molecule has 0 saturated heterocycles. The zero-order valence-electron chi connectivity index (χ0n) is 13.0. The summed E-state index contributed by atoms with van der Waals surface area (Å²) in [5.41, 5.74) is 1.58. The fourth-order valence-electron chi connectivity index (χ4n) is 3.80. The van der Waals surface area contributed by atoms with E-state index in [4.69, 9.17) is 0 Å². The molecule has 1 aromatic rings. The summed E-state index contributed by atoms with van der Waals surface area (Å²) in [5.74, 6) is 0. The van der Waals surface area contributed by atoms with Gasteiger partial charge in [0, 0.05) is 12.1 Å². The van der Waals surface area contributed by atoms with Crippen molar-refractivity contribution in [2.75, 3.05) is 7.05 Å². The molecule has 0 amide bonds. The number of benzene rings is 1. The van der Waals surface area contributed by atoms with Crippen LogP contribution in [0.1, 0.15) is 48.8 Å². The van der Waals surface area contributed by atoms with Crippen molar-refractivity contribution < 1.29 is 13.2 Å². The molecule has 1 N–H and O–H groups in total. The lowest BCUT2D eigenvalue weighted by Gasteiger charge is -2.37. The van der Waals surface area contributed by atoms with Gasteiger partial charge < -0.3 is 5.32 Å². The van der Waals surface area contributed by atoms with Crippen molar-refractivity contribution in [3.05, 3.63) is 28.8 Å². The molecule has 5 heteroatoms. The van der Waals surface area contributed by atoms with Crippen molar-refractivity contribution in [3.8, 4) is 0 Å². The first-order chi connectivity index (χ1) is 10.4. The Morgan fingerprint density at radius 2 is 1.82 bits per heavy atom. The molecule has 3 rings (SSSR count). The van der Waals surface area contributed by atoms with E-state index < -0.39 is 11.7 Å². The van der Waals surface area contributed by atoms with Crippen molar-refractivity contribution in [2.45, 2.75) is 57.2 Å². The van der Waals surface area contributed by atoms with Gasteiger partial charge in [-0.3, -0.25) is 4.99 Å². The lowest BCUT2D eigenvalue weighted by molar-refractivity contribution is -0.138. The van der Waals surface area contributed by atoms with Crippen molar-refractivity contribution in [3.63, 3.8) is 0 Å². The average Bonchev–Trinajstić information content (AvgIpc) is 2.90. The van der Waals surface area contributed by atoms with Gasteiger partial charge in [0.2, 0.25) is 0 Å². The van der Waals surface area contributed by atoms with Crippen LogP contribution < -0.4 is 5.32 Å². The van der Waals surface area contributed by atoms with E-state index >= 15 is 0 Å². The number of aryl methyl sites for hydroxylation is 1. The van der Waals surface area contributed by atoms with Crippen LogP contribution >= 0.6 is 0 Å². The van der Waals surface area contributed by atoms with Gasteiger partial charge in [0.25, 0.3) is 0 Å². The van der Waals surface area contributed by atoms with Gasteiger partial charge in [-0.15, -0.1) is 0 Å². The molecule has 0 bridgehead atoms. The Bertz CT molecular complexity index is 611. The first kappa shape index (κ1) is 15.5. The minimum Gasteiger partial charge on any atom is -0.309 e. The van der Waals surface area contributed by atoms with Crippen LogP contribution in [0.2, 0.25) is 0 Å². The number of alkyl halides is 3. The van der Waals surface area contributed by atoms with Gasteiger partial charge in [0.15, 0.2) is 0 Å². The van der Waals surface area contributed by atoms with Gasteiger partial charge in [-0.25, -0.2) is 0 Å². The van der Waals surface area contributed by atoms with E-state index in [1.807, 2.05) is 7.05 Å². The average molecular weight is 310 g/mol. The number of nitrogens with zero attached hydrogens (tertiary/aromatic N) is 1. The van der Waals surface area contributed by atoms with Gasteiger partial charge in [-0.2, -0.15) is 13.2 Å². The van der Waals surface area contributed by atoms with Crippen LogP contribution in [0, 0.1) is 6.92 Å². The first-order valence-electron chi connectivity index (χ1n) is 7.83. The number of hydrogen-bond donors (Lipinski definition) is 1. The highest BCUT2D eigenvalue weighted by Crippen LogP contribution is 2.43. The zero-order valence-corrected chi connectivity index (χ0v) is 13.0. The number of hydrogen-bond acceptors (Lipinski definition) is 2. The van der Waals surface area contributed by atoms with E-state index in [0.29, 0.717) is 23.2 Å². The standard InChI is InChI=1S/C17H21F3N2/c1-11-8-13(17(18,19)20)12-10-15(22-14(12)9-11)16(21-2)6-4-3-5-7-16/h8-9,21H,3-7,10H2,1-2H3. The third-order valence-corrected chi connectivity index (χ3v) is 5.01. The van der Waals surface area contributed by atoms with Gasteiger partial charge in [-0.05, 0) is 50.1 Å². The molecule has 1 aliphatic heterocycles. The van der Waals surface area contributed by atoms with E-state index in [-0.39, 0.29) is 5.54 Å². The second-order valence-corrected chi connectivity index (χ2v) is 6.44. The molecule has 1 fully saturated rings. The molecule has 0 unspecified atom stereocenters. The maximum atomic E-state index is 13.3. The van der Waals surface area contributed by atoms with Gasteiger partial charge in [-0.1, -0.05) is 19.3 Å². The second-order valence-electron chi connectivity index (χ2n) is 6.44. The first-order valence-corrected chi connectivity index (χ1v) is 7.83. The second kappa shape index (κ2) is 5.37. The van der Waals surface area contributed by atoms with E-state index in [0.717, 1.165) is 31.4 Å². The van der Waals surface area contributed by atoms with Crippen LogP contribution in [0.25, 0.3) is 0 Å². The summed E-state index contributed by atoms with van der Waals surface area (Å²) in [6.45, 7) is 1.69. The third kappa shape index (κ3) is 2.56. The fourth-order valence-corrected chi connectivity index (χ4v) is 3.80. The number of nitrogens with one attached hydrogen (secondary N) is 1. The smallest absolute Gasteiger partial charge is 0.309 e. The number of fused-ring (bicyclic) bond motifs is 1. The Morgan fingerprint density at radius 3 is 2.41 bits per heavy atom. The molecule has 22 heavy (non-hydrogen) atoms. The lowest BCUT2D eigenvalue weighted by atomic mass is 9.77. The summed E-state index contributed by atoms with van der Waals surface area (Å²) in [6, 6.07) is 3.01. The van der Waals surface area contributed by atoms with Gasteiger partial charge in [0.1, 0.15) is 0 Å². The van der Waals surface area contributed by atoms with Crippen LogP contribution in [-0.4, -0.2) is 18.3 Å². The van der Waals surface area contributed by atoms with Crippen molar-refractivity contribution in [2.24, 2.45) is 4.99 Å². The molecule has 1 aromatic carbocycles. The molecule has 1 heterocycles. The summed E-state index contributed by atoms with van der Waals surface area (Å²) in [6.07, 6.45) is 1.29. The maximum absolute atomic E-state index is 13.3. The highest BCUT2D eigenvalue weighted by molar-refractivity contribution is 6.01. The Balaban J connectivity index is 2.01. The van der Waals surface area contributed by atoms with E-state index in [1.165, 1.54) is 12.5 Å². The van der Waals surface area contributed by atoms with Crippen LogP contribution in [0.5, 0.6) is 0 Å². The minimum absolute atomic E-state index is 0.228. The molecule has 0 aromatic heterocycles. The predicted octanol–water partition coefficient (Wildman–Crippen LogP) is 4.56. The van der Waals surface area contributed by atoms with E-state index in [1.54, 1.807) is 13.0 Å². The van der Waals surface area contributed by atoms with Crippen LogP contribution in [0.15, 0.2) is 17.1 Å². The predicted molar refractivity (Wildman–Crippen MR) is 81.9 cm³/mol.